The molecule has 1 unspecified atom stereocenters. The van der Waals surface area contributed by atoms with Crippen molar-refractivity contribution in [3.05, 3.63) is 22.9 Å². The SMILES string of the molecule is O=C(CC1CCCC1)NC1CCN(c2nccn3c(=O)[nH]nc23)C1. The molecule has 1 saturated heterocycles. The van der Waals surface area contributed by atoms with Crippen molar-refractivity contribution < 1.29 is 4.79 Å². The molecule has 2 aromatic heterocycles. The molecule has 2 N–H and O–H groups in total. The second kappa shape index (κ2) is 6.26. The highest BCUT2D eigenvalue weighted by atomic mass is 16.2. The van der Waals surface area contributed by atoms with Gasteiger partial charge in [-0.2, -0.15) is 0 Å². The molecule has 0 spiro atoms. The van der Waals surface area contributed by atoms with Crippen LogP contribution >= 0.6 is 0 Å². The van der Waals surface area contributed by atoms with Crippen molar-refractivity contribution in [2.45, 2.75) is 44.6 Å². The van der Waals surface area contributed by atoms with Gasteiger partial charge in [-0.15, -0.1) is 5.10 Å². The van der Waals surface area contributed by atoms with Crippen LogP contribution in [-0.4, -0.2) is 44.6 Å². The third-order valence-corrected chi connectivity index (χ3v) is 5.12. The molecule has 0 radical (unpaired) electrons. The van der Waals surface area contributed by atoms with E-state index in [0.29, 0.717) is 30.3 Å². The first kappa shape index (κ1) is 15.2. The minimum absolute atomic E-state index is 0.131. The van der Waals surface area contributed by atoms with E-state index in [9.17, 15) is 9.59 Å². The van der Waals surface area contributed by atoms with Crippen LogP contribution in [0, 0.1) is 5.92 Å². The van der Waals surface area contributed by atoms with Gasteiger partial charge in [0.15, 0.2) is 5.82 Å². The van der Waals surface area contributed by atoms with Gasteiger partial charge in [-0.1, -0.05) is 12.8 Å². The third kappa shape index (κ3) is 2.88. The van der Waals surface area contributed by atoms with Gasteiger partial charge in [-0.3, -0.25) is 4.79 Å². The lowest BCUT2D eigenvalue weighted by molar-refractivity contribution is -0.122. The Bertz CT molecular complexity index is 791. The quantitative estimate of drug-likeness (QED) is 0.860. The summed E-state index contributed by atoms with van der Waals surface area (Å²) in [6, 6.07) is 0.131. The summed E-state index contributed by atoms with van der Waals surface area (Å²) in [5.41, 5.74) is 0.259. The van der Waals surface area contributed by atoms with Crippen molar-refractivity contribution in [3.8, 4) is 0 Å². The highest BCUT2D eigenvalue weighted by Gasteiger charge is 2.28. The van der Waals surface area contributed by atoms with E-state index in [4.69, 9.17) is 0 Å². The molecule has 1 aliphatic carbocycles. The van der Waals surface area contributed by atoms with Gasteiger partial charge in [0.1, 0.15) is 0 Å². The van der Waals surface area contributed by atoms with Crippen molar-refractivity contribution in [3.63, 3.8) is 0 Å². The summed E-state index contributed by atoms with van der Waals surface area (Å²) in [6.07, 6.45) is 9.62. The lowest BCUT2D eigenvalue weighted by Gasteiger charge is -2.18. The summed E-state index contributed by atoms with van der Waals surface area (Å²) in [6.45, 7) is 1.49. The monoisotopic (exact) mass is 330 g/mol. The largest absolute Gasteiger partial charge is 0.352 e. The number of nitrogens with one attached hydrogen (secondary N) is 2. The molecule has 1 amide bonds. The zero-order chi connectivity index (χ0) is 16.5. The number of carbonyl (C=O) groups excluding carboxylic acids is 1. The Labute approximate surface area is 139 Å². The molecule has 3 heterocycles. The van der Waals surface area contributed by atoms with E-state index >= 15 is 0 Å². The highest BCUT2D eigenvalue weighted by molar-refractivity contribution is 5.76. The normalized spacial score (nSPS) is 21.7. The van der Waals surface area contributed by atoms with Crippen molar-refractivity contribution in [2.24, 2.45) is 5.92 Å². The number of fused-ring (bicyclic) bond motifs is 1. The smallest absolute Gasteiger partial charge is 0.347 e. The fourth-order valence-corrected chi connectivity index (χ4v) is 3.89. The molecule has 2 fully saturated rings. The van der Waals surface area contributed by atoms with E-state index in [0.717, 1.165) is 13.0 Å². The van der Waals surface area contributed by atoms with Crippen LogP contribution < -0.4 is 15.9 Å². The number of rotatable bonds is 4. The van der Waals surface area contributed by atoms with Gasteiger partial charge < -0.3 is 10.2 Å². The van der Waals surface area contributed by atoms with Crippen LogP contribution in [0.1, 0.15) is 38.5 Å². The maximum Gasteiger partial charge on any atom is 0.347 e. The number of carbonyl (C=O) groups is 1. The van der Waals surface area contributed by atoms with Crippen molar-refractivity contribution in [1.82, 2.24) is 24.9 Å². The lowest BCUT2D eigenvalue weighted by atomic mass is 10.0. The zero-order valence-electron chi connectivity index (χ0n) is 13.6. The average molecular weight is 330 g/mol. The molecule has 1 atom stereocenters. The zero-order valence-corrected chi connectivity index (χ0v) is 13.6. The topological polar surface area (TPSA) is 95.4 Å². The van der Waals surface area contributed by atoms with Crippen LogP contribution in [0.4, 0.5) is 5.82 Å². The average Bonchev–Trinajstić information content (AvgIpc) is 3.30. The highest BCUT2D eigenvalue weighted by Crippen LogP contribution is 2.27. The summed E-state index contributed by atoms with van der Waals surface area (Å²) >= 11 is 0. The first-order valence-electron chi connectivity index (χ1n) is 8.67. The molecule has 2 aliphatic rings. The number of H-pyrrole nitrogens is 1. The number of anilines is 1. The third-order valence-electron chi connectivity index (χ3n) is 5.12. The van der Waals surface area contributed by atoms with E-state index in [1.807, 2.05) is 0 Å². The predicted octanol–water partition coefficient (Wildman–Crippen LogP) is 0.693. The molecule has 8 heteroatoms. The molecule has 1 saturated carbocycles. The Kier molecular flexibility index (Phi) is 3.95. The molecular weight excluding hydrogens is 308 g/mol. The molecule has 1 aliphatic heterocycles. The first-order chi connectivity index (χ1) is 11.7. The minimum atomic E-state index is -0.269. The van der Waals surface area contributed by atoms with Crippen LogP contribution in [0.3, 0.4) is 0 Å². The number of hydrogen-bond acceptors (Lipinski definition) is 5. The minimum Gasteiger partial charge on any atom is -0.352 e. The van der Waals surface area contributed by atoms with E-state index < -0.39 is 0 Å². The van der Waals surface area contributed by atoms with E-state index in [2.05, 4.69) is 25.4 Å². The van der Waals surface area contributed by atoms with Crippen LogP contribution in [-0.2, 0) is 4.79 Å². The lowest BCUT2D eigenvalue weighted by Crippen LogP contribution is -2.37. The molecule has 0 bridgehead atoms. The number of aromatic nitrogens is 4. The standard InChI is InChI=1S/C16H22N6O2/c23-13(9-11-3-1-2-4-11)18-12-5-7-21(10-12)14-15-19-20-16(24)22(15)8-6-17-14/h6,8,11-12H,1-5,7,9-10H2,(H,18,23)(H,20,24). The fraction of sp³-hybridized carbons (Fsp3) is 0.625. The Morgan fingerprint density at radius 2 is 2.17 bits per heavy atom. The Hall–Kier alpha value is -2.38. The van der Waals surface area contributed by atoms with Crippen molar-refractivity contribution in [1.29, 1.82) is 0 Å². The summed E-state index contributed by atoms with van der Waals surface area (Å²) in [4.78, 5) is 30.3. The summed E-state index contributed by atoms with van der Waals surface area (Å²) < 4.78 is 1.45. The fourth-order valence-electron chi connectivity index (χ4n) is 3.89. The maximum absolute atomic E-state index is 12.2. The van der Waals surface area contributed by atoms with Gasteiger partial charge in [0.25, 0.3) is 0 Å². The Morgan fingerprint density at radius 3 is 3.00 bits per heavy atom. The number of nitrogens with zero attached hydrogens (tertiary/aromatic N) is 4. The van der Waals surface area contributed by atoms with Crippen molar-refractivity contribution in [2.75, 3.05) is 18.0 Å². The van der Waals surface area contributed by atoms with Gasteiger partial charge in [-0.25, -0.2) is 19.3 Å². The van der Waals surface area contributed by atoms with E-state index in [1.165, 1.54) is 30.1 Å². The van der Waals surface area contributed by atoms with Crippen LogP contribution in [0.2, 0.25) is 0 Å². The van der Waals surface area contributed by atoms with E-state index in [-0.39, 0.29) is 17.6 Å². The molecule has 128 valence electrons. The summed E-state index contributed by atoms with van der Waals surface area (Å²) in [5, 5.41) is 9.65. The number of aromatic amines is 1. The van der Waals surface area contributed by atoms with Crippen molar-refractivity contribution >= 4 is 17.4 Å². The molecular formula is C16H22N6O2. The molecule has 4 rings (SSSR count). The Morgan fingerprint density at radius 1 is 1.33 bits per heavy atom. The molecule has 2 aromatic rings. The van der Waals surface area contributed by atoms with Gasteiger partial charge in [0.2, 0.25) is 11.6 Å². The van der Waals surface area contributed by atoms with Crippen LogP contribution in [0.15, 0.2) is 17.2 Å². The molecule has 8 nitrogen and oxygen atoms in total. The summed E-state index contributed by atoms with van der Waals surface area (Å²) in [5.74, 6) is 1.41. The molecule has 24 heavy (non-hydrogen) atoms. The number of hydrogen-bond donors (Lipinski definition) is 2. The second-order valence-corrected chi connectivity index (χ2v) is 6.83. The maximum atomic E-state index is 12.2. The van der Waals surface area contributed by atoms with E-state index in [1.54, 1.807) is 12.4 Å². The van der Waals surface area contributed by atoms with Gasteiger partial charge in [0, 0.05) is 37.9 Å². The Balaban J connectivity index is 1.40. The second-order valence-electron chi connectivity index (χ2n) is 6.83. The first-order valence-corrected chi connectivity index (χ1v) is 8.67. The van der Waals surface area contributed by atoms with Gasteiger partial charge in [0.05, 0.1) is 0 Å². The van der Waals surface area contributed by atoms with Crippen LogP contribution in [0.5, 0.6) is 0 Å². The van der Waals surface area contributed by atoms with Gasteiger partial charge >= 0.3 is 5.69 Å². The van der Waals surface area contributed by atoms with Crippen LogP contribution in [0.25, 0.3) is 5.65 Å². The predicted molar refractivity (Wildman–Crippen MR) is 88.9 cm³/mol. The molecule has 0 aromatic carbocycles. The summed E-state index contributed by atoms with van der Waals surface area (Å²) in [7, 11) is 0. The van der Waals surface area contributed by atoms with Gasteiger partial charge in [-0.05, 0) is 25.2 Å². The number of amides is 1.